The van der Waals surface area contributed by atoms with Crippen molar-refractivity contribution in [2.24, 2.45) is 5.92 Å². The maximum Gasteiger partial charge on any atom is 0.407 e. The van der Waals surface area contributed by atoms with Crippen LogP contribution in [-0.4, -0.2) is 50.2 Å². The summed E-state index contributed by atoms with van der Waals surface area (Å²) in [6.07, 6.45) is 4.16. The standard InChI is InChI=1S/C13H14BrClN4O3/c14-10-11(15)17-12(9-4-16-7-19(9)10)22-6-8-2-1-3-18(5-8)13(20)21/h4,7-8H,1-3,5-6H2,(H,20,21)/t8-/m1/s1. The van der Waals surface area contributed by atoms with Gasteiger partial charge in [0.25, 0.3) is 0 Å². The number of ether oxygens (including phenoxy) is 1. The number of carbonyl (C=O) groups is 1. The fraction of sp³-hybridized carbons (Fsp3) is 0.462. The van der Waals surface area contributed by atoms with Crippen LogP contribution in [0.15, 0.2) is 17.1 Å². The Morgan fingerprint density at radius 1 is 1.59 bits per heavy atom. The van der Waals surface area contributed by atoms with Gasteiger partial charge in [0.15, 0.2) is 5.15 Å². The van der Waals surface area contributed by atoms with Crippen LogP contribution in [0.4, 0.5) is 4.79 Å². The van der Waals surface area contributed by atoms with Crippen molar-refractivity contribution in [1.29, 1.82) is 0 Å². The van der Waals surface area contributed by atoms with Gasteiger partial charge in [0.05, 0.1) is 12.8 Å². The van der Waals surface area contributed by atoms with E-state index in [1.165, 1.54) is 4.90 Å². The maximum absolute atomic E-state index is 11.0. The molecule has 1 atom stereocenters. The molecule has 0 radical (unpaired) electrons. The Balaban J connectivity index is 1.73. The van der Waals surface area contributed by atoms with Crippen LogP contribution in [0.25, 0.3) is 5.52 Å². The second-order valence-corrected chi connectivity index (χ2v) is 6.30. The lowest BCUT2D eigenvalue weighted by Crippen LogP contribution is -2.40. The van der Waals surface area contributed by atoms with Crippen molar-refractivity contribution in [2.75, 3.05) is 19.7 Å². The second-order valence-electron chi connectivity index (χ2n) is 5.20. The summed E-state index contributed by atoms with van der Waals surface area (Å²) in [7, 11) is 0. The highest BCUT2D eigenvalue weighted by Gasteiger charge is 2.24. The van der Waals surface area contributed by atoms with Gasteiger partial charge >= 0.3 is 6.09 Å². The van der Waals surface area contributed by atoms with Gasteiger partial charge in [0.2, 0.25) is 5.88 Å². The maximum atomic E-state index is 11.0. The topological polar surface area (TPSA) is 80.0 Å². The molecule has 3 rings (SSSR count). The number of hydrogen-bond donors (Lipinski definition) is 1. The van der Waals surface area contributed by atoms with Crippen LogP contribution in [0.5, 0.6) is 5.88 Å². The number of nitrogens with zero attached hydrogens (tertiary/aromatic N) is 4. The predicted octanol–water partition coefficient (Wildman–Crippen LogP) is 2.91. The number of carboxylic acid groups (broad SMARTS) is 1. The SMILES string of the molecule is O=C(O)N1CCC[C@@H](COc2nc(Cl)c(Br)n3cncc23)C1. The van der Waals surface area contributed by atoms with Crippen LogP contribution in [0.2, 0.25) is 5.15 Å². The number of likely N-dealkylation sites (tertiary alicyclic amines) is 1. The van der Waals surface area contributed by atoms with Gasteiger partial charge in [-0.25, -0.2) is 9.78 Å². The first-order chi connectivity index (χ1) is 10.6. The van der Waals surface area contributed by atoms with Gasteiger partial charge in [-0.05, 0) is 28.8 Å². The summed E-state index contributed by atoms with van der Waals surface area (Å²) in [5, 5.41) is 9.35. The average Bonchev–Trinajstić information content (AvgIpc) is 3.00. The van der Waals surface area contributed by atoms with E-state index in [-0.39, 0.29) is 11.1 Å². The molecule has 1 fully saturated rings. The first-order valence-electron chi connectivity index (χ1n) is 6.84. The molecule has 7 nitrogen and oxygen atoms in total. The summed E-state index contributed by atoms with van der Waals surface area (Å²) in [5.41, 5.74) is 0.710. The van der Waals surface area contributed by atoms with Crippen molar-refractivity contribution in [1.82, 2.24) is 19.3 Å². The highest BCUT2D eigenvalue weighted by atomic mass is 79.9. The fourth-order valence-corrected chi connectivity index (χ4v) is 3.12. The number of rotatable bonds is 3. The molecule has 0 unspecified atom stereocenters. The first-order valence-corrected chi connectivity index (χ1v) is 8.01. The fourth-order valence-electron chi connectivity index (χ4n) is 2.58. The molecule has 1 aliphatic rings. The Morgan fingerprint density at radius 2 is 2.41 bits per heavy atom. The Kier molecular flexibility index (Phi) is 4.39. The molecule has 22 heavy (non-hydrogen) atoms. The number of aromatic nitrogens is 3. The van der Waals surface area contributed by atoms with Gasteiger partial charge in [-0.1, -0.05) is 11.6 Å². The van der Waals surface area contributed by atoms with Gasteiger partial charge in [-0.15, -0.1) is 0 Å². The van der Waals surface area contributed by atoms with Gasteiger partial charge in [0, 0.05) is 19.0 Å². The minimum Gasteiger partial charge on any atom is -0.476 e. The Bertz CT molecular complexity index is 708. The Labute approximate surface area is 140 Å². The van der Waals surface area contributed by atoms with Crippen LogP contribution < -0.4 is 4.74 Å². The third kappa shape index (κ3) is 2.98. The molecule has 1 amide bonds. The number of imidazole rings is 1. The molecule has 1 saturated heterocycles. The molecule has 0 aromatic carbocycles. The van der Waals surface area contributed by atoms with Crippen LogP contribution in [0, 0.1) is 5.92 Å². The number of piperidine rings is 1. The van der Waals surface area contributed by atoms with E-state index in [1.807, 2.05) is 0 Å². The molecule has 0 saturated carbocycles. The predicted molar refractivity (Wildman–Crippen MR) is 83.5 cm³/mol. The molecule has 0 aliphatic carbocycles. The number of hydrogen-bond acceptors (Lipinski definition) is 4. The highest BCUT2D eigenvalue weighted by molar-refractivity contribution is 9.10. The lowest BCUT2D eigenvalue weighted by Gasteiger charge is -2.30. The zero-order chi connectivity index (χ0) is 15.7. The molecule has 0 bridgehead atoms. The van der Waals surface area contributed by atoms with Crippen molar-refractivity contribution in [2.45, 2.75) is 12.8 Å². The van der Waals surface area contributed by atoms with Crippen molar-refractivity contribution in [3.8, 4) is 5.88 Å². The van der Waals surface area contributed by atoms with Crippen LogP contribution in [0.1, 0.15) is 12.8 Å². The lowest BCUT2D eigenvalue weighted by atomic mass is 9.99. The summed E-state index contributed by atoms with van der Waals surface area (Å²) in [5.74, 6) is 0.551. The van der Waals surface area contributed by atoms with Crippen molar-refractivity contribution < 1.29 is 14.6 Å². The molecular weight excluding hydrogens is 376 g/mol. The van der Waals surface area contributed by atoms with Crippen LogP contribution >= 0.6 is 27.5 Å². The van der Waals surface area contributed by atoms with E-state index in [1.54, 1.807) is 16.9 Å². The van der Waals surface area contributed by atoms with Gasteiger partial charge in [-0.3, -0.25) is 4.40 Å². The molecule has 2 aromatic rings. The van der Waals surface area contributed by atoms with E-state index in [0.29, 0.717) is 35.7 Å². The summed E-state index contributed by atoms with van der Waals surface area (Å²) in [4.78, 5) is 20.7. The Hall–Kier alpha value is -1.54. The largest absolute Gasteiger partial charge is 0.476 e. The second kappa shape index (κ2) is 6.29. The molecule has 1 aliphatic heterocycles. The summed E-state index contributed by atoms with van der Waals surface area (Å²) < 4.78 is 8.14. The summed E-state index contributed by atoms with van der Waals surface area (Å²) >= 11 is 9.41. The molecule has 9 heteroatoms. The van der Waals surface area contributed by atoms with Gasteiger partial charge in [-0.2, -0.15) is 4.98 Å². The number of halogens is 2. The van der Waals surface area contributed by atoms with Gasteiger partial charge < -0.3 is 14.7 Å². The van der Waals surface area contributed by atoms with Crippen molar-refractivity contribution in [3.05, 3.63) is 22.3 Å². The van der Waals surface area contributed by atoms with E-state index in [2.05, 4.69) is 25.9 Å². The summed E-state index contributed by atoms with van der Waals surface area (Å²) in [6, 6.07) is 0. The number of amides is 1. The monoisotopic (exact) mass is 388 g/mol. The zero-order valence-electron chi connectivity index (χ0n) is 11.6. The molecular formula is C13H14BrClN4O3. The van der Waals surface area contributed by atoms with E-state index < -0.39 is 6.09 Å². The normalized spacial score (nSPS) is 18.6. The van der Waals surface area contributed by atoms with Crippen LogP contribution in [0.3, 0.4) is 0 Å². The number of fused-ring (bicyclic) bond motifs is 1. The highest BCUT2D eigenvalue weighted by Crippen LogP contribution is 2.28. The molecule has 0 spiro atoms. The zero-order valence-corrected chi connectivity index (χ0v) is 13.9. The van der Waals surface area contributed by atoms with Crippen molar-refractivity contribution in [3.63, 3.8) is 0 Å². The molecule has 2 aromatic heterocycles. The Morgan fingerprint density at radius 3 is 3.18 bits per heavy atom. The van der Waals surface area contributed by atoms with E-state index in [0.717, 1.165) is 12.8 Å². The van der Waals surface area contributed by atoms with E-state index in [9.17, 15) is 4.79 Å². The first kappa shape index (κ1) is 15.4. The van der Waals surface area contributed by atoms with Crippen molar-refractivity contribution >= 4 is 39.1 Å². The van der Waals surface area contributed by atoms with E-state index >= 15 is 0 Å². The van der Waals surface area contributed by atoms with Crippen LogP contribution in [-0.2, 0) is 0 Å². The van der Waals surface area contributed by atoms with Gasteiger partial charge in [0.1, 0.15) is 16.4 Å². The summed E-state index contributed by atoms with van der Waals surface area (Å²) in [6.45, 7) is 1.46. The quantitative estimate of drug-likeness (QED) is 0.873. The lowest BCUT2D eigenvalue weighted by molar-refractivity contribution is 0.104. The van der Waals surface area contributed by atoms with E-state index in [4.69, 9.17) is 21.4 Å². The minimum absolute atomic E-state index is 0.150. The smallest absolute Gasteiger partial charge is 0.407 e. The molecule has 1 N–H and O–H groups in total. The minimum atomic E-state index is -0.882. The third-order valence-corrected chi connectivity index (χ3v) is 4.93. The molecule has 118 valence electrons. The molecule has 3 heterocycles. The third-order valence-electron chi connectivity index (χ3n) is 3.68. The average molecular weight is 390 g/mol.